The first-order valence-electron chi connectivity index (χ1n) is 9.00. The fourth-order valence-electron chi connectivity index (χ4n) is 3.10. The van der Waals surface area contributed by atoms with Crippen LogP contribution in [0, 0.1) is 6.92 Å². The summed E-state index contributed by atoms with van der Waals surface area (Å²) in [4.78, 5) is 16.6. The molecule has 0 spiro atoms. The number of thiophene rings is 1. The first kappa shape index (κ1) is 19.2. The molecule has 0 bridgehead atoms. The summed E-state index contributed by atoms with van der Waals surface area (Å²) in [6.07, 6.45) is 0. The molecule has 6 nitrogen and oxygen atoms in total. The number of carbonyl (C=O) groups is 1. The summed E-state index contributed by atoms with van der Waals surface area (Å²) in [6.45, 7) is 7.61. The third-order valence-electron chi connectivity index (χ3n) is 4.48. The number of hydrogen-bond acceptors (Lipinski definition) is 5. The van der Waals surface area contributed by atoms with Crippen LogP contribution in [-0.2, 0) is 13.6 Å². The lowest BCUT2D eigenvalue weighted by Gasteiger charge is -2.21. The zero-order valence-electron chi connectivity index (χ0n) is 16.4. The highest BCUT2D eigenvalue weighted by Crippen LogP contribution is 2.30. The van der Waals surface area contributed by atoms with E-state index in [4.69, 9.17) is 9.47 Å². The summed E-state index contributed by atoms with van der Waals surface area (Å²) in [5.41, 5.74) is 1.95. The molecule has 0 radical (unpaired) electrons. The molecule has 2 aromatic heterocycles. The lowest BCUT2D eigenvalue weighted by molar-refractivity contribution is 0.0757. The number of aromatic nitrogens is 2. The molecular weight excluding hydrogens is 362 g/mol. The van der Waals surface area contributed by atoms with Gasteiger partial charge < -0.3 is 14.4 Å². The molecule has 0 atom stereocenters. The third-order valence-corrected chi connectivity index (χ3v) is 5.67. The van der Waals surface area contributed by atoms with E-state index >= 15 is 0 Å². The Kier molecular flexibility index (Phi) is 5.70. The van der Waals surface area contributed by atoms with Crippen LogP contribution in [0.3, 0.4) is 0 Å². The van der Waals surface area contributed by atoms with Gasteiger partial charge in [0.1, 0.15) is 4.83 Å². The molecule has 1 aromatic carbocycles. The second-order valence-corrected chi connectivity index (χ2v) is 7.31. The quantitative estimate of drug-likeness (QED) is 0.615. The van der Waals surface area contributed by atoms with Gasteiger partial charge in [0.05, 0.1) is 24.3 Å². The van der Waals surface area contributed by atoms with Gasteiger partial charge in [0.25, 0.3) is 5.91 Å². The summed E-state index contributed by atoms with van der Waals surface area (Å²) >= 11 is 1.49. The van der Waals surface area contributed by atoms with Gasteiger partial charge in [0, 0.05) is 25.5 Å². The van der Waals surface area contributed by atoms with Gasteiger partial charge in [0.15, 0.2) is 11.5 Å². The number of benzene rings is 1. The maximum absolute atomic E-state index is 13.0. The minimum Gasteiger partial charge on any atom is -0.493 e. The molecule has 0 saturated heterocycles. The Labute approximate surface area is 163 Å². The molecule has 0 aliphatic carbocycles. The second-order valence-electron chi connectivity index (χ2n) is 6.28. The lowest BCUT2D eigenvalue weighted by atomic mass is 10.1. The predicted octanol–water partition coefficient (Wildman–Crippen LogP) is 4.01. The van der Waals surface area contributed by atoms with E-state index < -0.39 is 0 Å². The highest BCUT2D eigenvalue weighted by atomic mass is 32.1. The van der Waals surface area contributed by atoms with Gasteiger partial charge in [-0.15, -0.1) is 11.3 Å². The first-order valence-corrected chi connectivity index (χ1v) is 9.82. The fourth-order valence-corrected chi connectivity index (χ4v) is 4.19. The maximum Gasteiger partial charge on any atom is 0.264 e. The molecule has 27 heavy (non-hydrogen) atoms. The van der Waals surface area contributed by atoms with Gasteiger partial charge in [-0.2, -0.15) is 5.10 Å². The van der Waals surface area contributed by atoms with Gasteiger partial charge in [-0.1, -0.05) is 6.07 Å². The topological polar surface area (TPSA) is 56.6 Å². The Morgan fingerprint density at radius 3 is 2.67 bits per heavy atom. The molecular formula is C20H25N3O3S. The van der Waals surface area contributed by atoms with Crippen molar-refractivity contribution in [1.29, 1.82) is 0 Å². The van der Waals surface area contributed by atoms with E-state index in [1.165, 1.54) is 11.3 Å². The molecule has 3 aromatic rings. The largest absolute Gasteiger partial charge is 0.493 e. The number of amides is 1. The summed E-state index contributed by atoms with van der Waals surface area (Å²) in [7, 11) is 3.53. The zero-order chi connectivity index (χ0) is 19.6. The number of ether oxygens (including phenoxy) is 2. The van der Waals surface area contributed by atoms with Crippen molar-refractivity contribution in [1.82, 2.24) is 14.7 Å². The van der Waals surface area contributed by atoms with Crippen molar-refractivity contribution < 1.29 is 14.3 Å². The highest BCUT2D eigenvalue weighted by Gasteiger charge is 2.20. The van der Waals surface area contributed by atoms with Crippen LogP contribution < -0.4 is 9.47 Å². The highest BCUT2D eigenvalue weighted by molar-refractivity contribution is 7.20. The molecule has 1 amide bonds. The van der Waals surface area contributed by atoms with Crippen molar-refractivity contribution >= 4 is 27.5 Å². The van der Waals surface area contributed by atoms with Crippen LogP contribution in [0.5, 0.6) is 11.5 Å². The summed E-state index contributed by atoms with van der Waals surface area (Å²) < 4.78 is 12.8. The van der Waals surface area contributed by atoms with Gasteiger partial charge in [0.2, 0.25) is 0 Å². The Hall–Kier alpha value is -2.54. The molecule has 3 rings (SSSR count). The molecule has 0 aliphatic rings. The fraction of sp³-hybridized carbons (Fsp3) is 0.400. The Balaban J connectivity index is 1.83. The number of hydrogen-bond donors (Lipinski definition) is 0. The molecule has 0 unspecified atom stereocenters. The van der Waals surface area contributed by atoms with E-state index in [1.54, 1.807) is 7.11 Å². The van der Waals surface area contributed by atoms with Crippen molar-refractivity contribution in [2.75, 3.05) is 20.3 Å². The van der Waals surface area contributed by atoms with Gasteiger partial charge in [-0.05, 0) is 44.5 Å². The van der Waals surface area contributed by atoms with E-state index in [-0.39, 0.29) is 5.91 Å². The molecule has 0 fully saturated rings. The number of fused-ring (bicyclic) bond motifs is 1. The average molecular weight is 388 g/mol. The maximum atomic E-state index is 13.0. The van der Waals surface area contributed by atoms with Crippen LogP contribution in [0.15, 0.2) is 24.3 Å². The lowest BCUT2D eigenvalue weighted by Crippen LogP contribution is -2.29. The van der Waals surface area contributed by atoms with Crippen molar-refractivity contribution in [3.8, 4) is 11.5 Å². The van der Waals surface area contributed by atoms with Crippen molar-refractivity contribution in [2.24, 2.45) is 7.05 Å². The van der Waals surface area contributed by atoms with Crippen LogP contribution in [0.1, 0.15) is 34.8 Å². The normalized spacial score (nSPS) is 11.0. The zero-order valence-corrected chi connectivity index (χ0v) is 17.2. The number of rotatable bonds is 7. The van der Waals surface area contributed by atoms with Crippen LogP contribution >= 0.6 is 11.3 Å². The predicted molar refractivity (Wildman–Crippen MR) is 108 cm³/mol. The Bertz CT molecular complexity index is 926. The van der Waals surface area contributed by atoms with E-state index in [9.17, 15) is 4.79 Å². The Morgan fingerprint density at radius 2 is 2.04 bits per heavy atom. The van der Waals surface area contributed by atoms with Gasteiger partial charge >= 0.3 is 0 Å². The summed E-state index contributed by atoms with van der Waals surface area (Å²) in [6, 6.07) is 7.75. The number of carbonyl (C=O) groups excluding carboxylic acids is 1. The average Bonchev–Trinajstić information content (AvgIpc) is 3.22. The molecule has 0 saturated carbocycles. The van der Waals surface area contributed by atoms with Crippen LogP contribution in [0.4, 0.5) is 0 Å². The van der Waals surface area contributed by atoms with E-state index in [1.807, 2.05) is 61.7 Å². The number of nitrogens with zero attached hydrogens (tertiary/aromatic N) is 3. The minimum absolute atomic E-state index is 0.0333. The van der Waals surface area contributed by atoms with E-state index in [2.05, 4.69) is 5.10 Å². The van der Waals surface area contributed by atoms with E-state index in [0.717, 1.165) is 26.4 Å². The van der Waals surface area contributed by atoms with Crippen LogP contribution in [-0.4, -0.2) is 40.8 Å². The van der Waals surface area contributed by atoms with Crippen molar-refractivity contribution in [3.05, 3.63) is 40.4 Å². The molecule has 0 aliphatic heterocycles. The van der Waals surface area contributed by atoms with Gasteiger partial charge in [-0.3, -0.25) is 9.48 Å². The van der Waals surface area contributed by atoms with Crippen molar-refractivity contribution in [2.45, 2.75) is 27.3 Å². The first-order chi connectivity index (χ1) is 13.0. The molecule has 144 valence electrons. The monoisotopic (exact) mass is 387 g/mol. The van der Waals surface area contributed by atoms with Crippen LogP contribution in [0.2, 0.25) is 0 Å². The molecule has 7 heteroatoms. The SMILES string of the molecule is CCOc1ccc(CN(CC)C(=O)c2cc3c(C)nn(C)c3s2)cc1OC. The second kappa shape index (κ2) is 8.00. The van der Waals surface area contributed by atoms with E-state index in [0.29, 0.717) is 31.2 Å². The summed E-state index contributed by atoms with van der Waals surface area (Å²) in [5.74, 6) is 1.43. The molecule has 2 heterocycles. The molecule has 0 N–H and O–H groups in total. The Morgan fingerprint density at radius 1 is 1.26 bits per heavy atom. The standard InChI is InChI=1S/C20H25N3O3S/c1-6-23(12-14-8-9-16(26-7-2)17(10-14)25-5)19(24)18-11-15-13(3)21-22(4)20(15)27-18/h8-11H,6-7,12H2,1-5H3. The minimum atomic E-state index is 0.0333. The van der Waals surface area contributed by atoms with Crippen LogP contribution in [0.25, 0.3) is 10.2 Å². The van der Waals surface area contributed by atoms with Crippen molar-refractivity contribution in [3.63, 3.8) is 0 Å². The number of aryl methyl sites for hydroxylation is 2. The smallest absolute Gasteiger partial charge is 0.264 e. The number of methoxy groups -OCH3 is 1. The third kappa shape index (κ3) is 3.78. The van der Waals surface area contributed by atoms with Gasteiger partial charge in [-0.25, -0.2) is 0 Å². The summed E-state index contributed by atoms with van der Waals surface area (Å²) in [5, 5.41) is 5.45.